The Bertz CT molecular complexity index is 990. The van der Waals surface area contributed by atoms with E-state index < -0.39 is 0 Å². The fourth-order valence-corrected chi connectivity index (χ4v) is 4.80. The summed E-state index contributed by atoms with van der Waals surface area (Å²) in [6, 6.07) is 24.6. The number of anilines is 1. The van der Waals surface area contributed by atoms with E-state index in [0.717, 1.165) is 33.3 Å². The highest BCUT2D eigenvalue weighted by Crippen LogP contribution is 2.33. The van der Waals surface area contributed by atoms with E-state index in [0.29, 0.717) is 12.6 Å². The molecule has 1 aliphatic rings. The first-order valence-corrected chi connectivity index (χ1v) is 11.1. The van der Waals surface area contributed by atoms with Crippen molar-refractivity contribution in [3.8, 4) is 0 Å². The Labute approximate surface area is 180 Å². The topological polar surface area (TPSA) is 45.7 Å². The van der Waals surface area contributed by atoms with Gasteiger partial charge in [0.05, 0.1) is 5.69 Å². The maximum atomic E-state index is 12.6. The molecule has 0 saturated carbocycles. The SMILES string of the molecule is O=C(C[NH2+][C@@H]1CCCc2ccccc21)Nc1ccccc1Sc1ccc(Cl)cc1. The van der Waals surface area contributed by atoms with Crippen LogP contribution in [0.5, 0.6) is 0 Å². The summed E-state index contributed by atoms with van der Waals surface area (Å²) in [7, 11) is 0. The number of hydrogen-bond donors (Lipinski definition) is 2. The van der Waals surface area contributed by atoms with Crippen LogP contribution in [-0.4, -0.2) is 12.5 Å². The largest absolute Gasteiger partial charge is 0.332 e. The third-order valence-electron chi connectivity index (χ3n) is 5.21. The van der Waals surface area contributed by atoms with Gasteiger partial charge in [0.2, 0.25) is 0 Å². The highest BCUT2D eigenvalue weighted by Gasteiger charge is 2.23. The van der Waals surface area contributed by atoms with Crippen LogP contribution < -0.4 is 10.6 Å². The number of quaternary nitrogens is 1. The molecule has 0 unspecified atom stereocenters. The minimum Gasteiger partial charge on any atom is -0.332 e. The predicted octanol–water partition coefficient (Wildman–Crippen LogP) is 5.07. The van der Waals surface area contributed by atoms with Gasteiger partial charge in [-0.15, -0.1) is 0 Å². The van der Waals surface area contributed by atoms with E-state index in [-0.39, 0.29) is 5.91 Å². The van der Waals surface area contributed by atoms with E-state index >= 15 is 0 Å². The normalized spacial score (nSPS) is 15.6. The van der Waals surface area contributed by atoms with Gasteiger partial charge in [-0.25, -0.2) is 0 Å². The van der Waals surface area contributed by atoms with E-state index in [1.807, 2.05) is 48.5 Å². The van der Waals surface area contributed by atoms with Crippen LogP contribution in [0.25, 0.3) is 0 Å². The van der Waals surface area contributed by atoms with Gasteiger partial charge in [-0.2, -0.15) is 0 Å². The first-order valence-electron chi connectivity index (χ1n) is 9.92. The average Bonchev–Trinajstić information content (AvgIpc) is 2.75. The van der Waals surface area contributed by atoms with Crippen LogP contribution in [0.4, 0.5) is 5.69 Å². The van der Waals surface area contributed by atoms with E-state index in [9.17, 15) is 4.79 Å². The molecule has 0 aliphatic heterocycles. The first-order chi connectivity index (χ1) is 14.2. The lowest BCUT2D eigenvalue weighted by Crippen LogP contribution is -2.87. The van der Waals surface area contributed by atoms with Crippen LogP contribution in [0, 0.1) is 0 Å². The Balaban J connectivity index is 1.39. The molecule has 148 valence electrons. The molecule has 4 rings (SSSR count). The first kappa shape index (κ1) is 20.0. The van der Waals surface area contributed by atoms with Gasteiger partial charge in [0, 0.05) is 26.8 Å². The van der Waals surface area contributed by atoms with Gasteiger partial charge < -0.3 is 10.6 Å². The zero-order valence-electron chi connectivity index (χ0n) is 16.1. The number of benzene rings is 3. The summed E-state index contributed by atoms with van der Waals surface area (Å²) >= 11 is 7.59. The third kappa shape index (κ3) is 5.21. The number of carbonyl (C=O) groups is 1. The molecule has 0 spiro atoms. The molecular weight excluding hydrogens is 400 g/mol. The quantitative estimate of drug-likeness (QED) is 0.581. The molecule has 29 heavy (non-hydrogen) atoms. The Morgan fingerprint density at radius 1 is 1.03 bits per heavy atom. The van der Waals surface area contributed by atoms with Crippen molar-refractivity contribution in [2.45, 2.75) is 35.1 Å². The number of nitrogens with one attached hydrogen (secondary N) is 1. The summed E-state index contributed by atoms with van der Waals surface area (Å²) in [6.45, 7) is 0.416. The van der Waals surface area contributed by atoms with Crippen molar-refractivity contribution < 1.29 is 10.1 Å². The number of carbonyl (C=O) groups excluding carboxylic acids is 1. The van der Waals surface area contributed by atoms with Crippen LogP contribution in [0.1, 0.15) is 30.0 Å². The van der Waals surface area contributed by atoms with Crippen molar-refractivity contribution in [3.05, 3.63) is 88.9 Å². The molecule has 0 heterocycles. The maximum absolute atomic E-state index is 12.6. The van der Waals surface area contributed by atoms with Crippen molar-refractivity contribution in [2.75, 3.05) is 11.9 Å². The van der Waals surface area contributed by atoms with Crippen molar-refractivity contribution >= 4 is 35.0 Å². The number of para-hydroxylation sites is 1. The Kier molecular flexibility index (Phi) is 6.55. The summed E-state index contributed by atoms with van der Waals surface area (Å²) in [4.78, 5) is 14.8. The predicted molar refractivity (Wildman–Crippen MR) is 120 cm³/mol. The molecule has 1 aliphatic carbocycles. The monoisotopic (exact) mass is 423 g/mol. The minimum atomic E-state index is 0.0252. The fraction of sp³-hybridized carbons (Fsp3) is 0.208. The molecule has 1 atom stereocenters. The highest BCUT2D eigenvalue weighted by atomic mass is 35.5. The van der Waals surface area contributed by atoms with Gasteiger partial charge in [0.1, 0.15) is 6.04 Å². The molecule has 3 aromatic carbocycles. The molecule has 3 nitrogen and oxygen atoms in total. The van der Waals surface area contributed by atoms with E-state index in [1.54, 1.807) is 11.8 Å². The van der Waals surface area contributed by atoms with Crippen molar-refractivity contribution in [1.82, 2.24) is 0 Å². The van der Waals surface area contributed by atoms with E-state index in [1.165, 1.54) is 17.5 Å². The number of amides is 1. The Hall–Kier alpha value is -2.27. The zero-order valence-corrected chi connectivity index (χ0v) is 17.7. The van der Waals surface area contributed by atoms with Crippen LogP contribution in [0.15, 0.2) is 82.6 Å². The summed E-state index contributed by atoms with van der Waals surface area (Å²) in [5.74, 6) is 0.0252. The van der Waals surface area contributed by atoms with Gasteiger partial charge in [0.25, 0.3) is 5.91 Å². The summed E-state index contributed by atoms with van der Waals surface area (Å²) in [5.41, 5.74) is 3.64. The average molecular weight is 424 g/mol. The zero-order chi connectivity index (χ0) is 20.1. The van der Waals surface area contributed by atoms with E-state index in [4.69, 9.17) is 11.6 Å². The number of hydrogen-bond acceptors (Lipinski definition) is 2. The molecule has 3 N–H and O–H groups in total. The fourth-order valence-electron chi connectivity index (χ4n) is 3.78. The Morgan fingerprint density at radius 2 is 1.79 bits per heavy atom. The number of rotatable bonds is 6. The summed E-state index contributed by atoms with van der Waals surface area (Å²) in [6.07, 6.45) is 3.44. The second kappa shape index (κ2) is 9.49. The standard InChI is InChI=1S/C24H23ClN2OS/c25-18-12-14-19(15-13-18)29-23-11-4-3-9-22(23)27-24(28)16-26-21-10-5-7-17-6-1-2-8-20(17)21/h1-4,6,8-9,11-15,21,26H,5,7,10,16H2,(H,27,28)/p+1/t21-/m1/s1. The number of fused-ring (bicyclic) bond motifs is 1. The van der Waals surface area contributed by atoms with Crippen LogP contribution >= 0.6 is 23.4 Å². The van der Waals surface area contributed by atoms with Crippen molar-refractivity contribution in [3.63, 3.8) is 0 Å². The van der Waals surface area contributed by atoms with Gasteiger partial charge >= 0.3 is 0 Å². The van der Waals surface area contributed by atoms with Gasteiger partial charge in [-0.3, -0.25) is 4.79 Å². The lowest BCUT2D eigenvalue weighted by atomic mass is 9.88. The second-order valence-electron chi connectivity index (χ2n) is 7.24. The minimum absolute atomic E-state index is 0.0252. The number of nitrogens with two attached hydrogens (primary N) is 1. The van der Waals surface area contributed by atoms with Crippen LogP contribution in [0.2, 0.25) is 5.02 Å². The number of halogens is 1. The van der Waals surface area contributed by atoms with Crippen LogP contribution in [-0.2, 0) is 11.2 Å². The molecule has 0 aromatic heterocycles. The molecule has 1 amide bonds. The van der Waals surface area contributed by atoms with Gasteiger partial charge in [-0.05, 0) is 54.8 Å². The molecule has 0 saturated heterocycles. The third-order valence-corrected chi connectivity index (χ3v) is 6.54. The molecule has 5 heteroatoms. The van der Waals surface area contributed by atoms with Gasteiger partial charge in [0.15, 0.2) is 6.54 Å². The molecule has 0 fully saturated rings. The smallest absolute Gasteiger partial charge is 0.279 e. The molecular formula is C24H24ClN2OS+. The van der Waals surface area contributed by atoms with Crippen molar-refractivity contribution in [2.24, 2.45) is 0 Å². The lowest BCUT2D eigenvalue weighted by molar-refractivity contribution is -0.687. The highest BCUT2D eigenvalue weighted by molar-refractivity contribution is 7.99. The summed E-state index contributed by atoms with van der Waals surface area (Å²) in [5, 5.41) is 5.98. The molecule has 3 aromatic rings. The van der Waals surface area contributed by atoms with Gasteiger partial charge in [-0.1, -0.05) is 59.8 Å². The Morgan fingerprint density at radius 3 is 2.66 bits per heavy atom. The molecule has 0 radical (unpaired) electrons. The number of aryl methyl sites for hydroxylation is 1. The van der Waals surface area contributed by atoms with E-state index in [2.05, 4.69) is 34.9 Å². The lowest BCUT2D eigenvalue weighted by Gasteiger charge is -2.23. The van der Waals surface area contributed by atoms with Crippen molar-refractivity contribution in [1.29, 1.82) is 0 Å². The summed E-state index contributed by atoms with van der Waals surface area (Å²) < 4.78 is 0. The maximum Gasteiger partial charge on any atom is 0.279 e. The second-order valence-corrected chi connectivity index (χ2v) is 8.79. The van der Waals surface area contributed by atoms with Crippen LogP contribution in [0.3, 0.4) is 0 Å². The molecule has 0 bridgehead atoms.